The van der Waals surface area contributed by atoms with Crippen LogP contribution in [0.3, 0.4) is 0 Å². The second-order valence-corrected chi connectivity index (χ2v) is 39.6. The van der Waals surface area contributed by atoms with Crippen LogP contribution >= 0.6 is 68.0 Å². The maximum absolute atomic E-state index is 5.53. The molecule has 8 nitrogen and oxygen atoms in total. The molecule has 30 aromatic rings. The molecule has 131 heavy (non-hydrogen) atoms. The van der Waals surface area contributed by atoms with E-state index < -0.39 is 0 Å². The fourth-order valence-electron chi connectivity index (χ4n) is 20.6. The van der Waals surface area contributed by atoms with Gasteiger partial charge < -0.3 is 4.57 Å². The van der Waals surface area contributed by atoms with Crippen molar-refractivity contribution < 1.29 is 0 Å². The van der Waals surface area contributed by atoms with Crippen molar-refractivity contribution in [2.24, 2.45) is 0 Å². The third kappa shape index (κ3) is 11.3. The lowest BCUT2D eigenvalue weighted by molar-refractivity contribution is 0.956. The summed E-state index contributed by atoms with van der Waals surface area (Å²) < 4.78 is 23.1. The van der Waals surface area contributed by atoms with E-state index in [-0.39, 0.29) is 0 Å². The topological polar surface area (TPSA) is 79.2 Å². The fraction of sp³-hybridized carbons (Fsp3) is 0. The van der Waals surface area contributed by atoms with Gasteiger partial charge in [0.2, 0.25) is 11.9 Å². The smallest absolute Gasteiger partial charge is 0.238 e. The van der Waals surface area contributed by atoms with Crippen molar-refractivity contribution in [1.29, 1.82) is 0 Å². The van der Waals surface area contributed by atoms with Crippen molar-refractivity contribution in [2.75, 3.05) is 0 Å². The molecule has 30 rings (SSSR count). The molecular weight excluding hydrogens is 1710 g/mol. The number of thiophene rings is 6. The first-order valence-electron chi connectivity index (χ1n) is 43.8. The lowest BCUT2D eigenvalue weighted by atomic mass is 9.90. The molecular formula is C117H66N8S6. The number of aromatic nitrogens is 8. The summed E-state index contributed by atoms with van der Waals surface area (Å²) >= 11 is 11.4. The Morgan fingerprint density at radius 3 is 0.924 bits per heavy atom. The summed E-state index contributed by atoms with van der Waals surface area (Å²) in [7, 11) is 0. The van der Waals surface area contributed by atoms with Gasteiger partial charge in [0.25, 0.3) is 0 Å². The van der Waals surface area contributed by atoms with Crippen LogP contribution in [0.15, 0.2) is 400 Å². The second-order valence-electron chi connectivity index (χ2n) is 33.4. The van der Waals surface area contributed by atoms with Crippen LogP contribution in [0.4, 0.5) is 0 Å². The zero-order valence-corrected chi connectivity index (χ0v) is 74.5. The van der Waals surface area contributed by atoms with Crippen molar-refractivity contribution in [2.45, 2.75) is 0 Å². The minimum Gasteiger partial charge on any atom is -0.306 e. The van der Waals surface area contributed by atoms with Gasteiger partial charge in [-0.1, -0.05) is 364 Å². The summed E-state index contributed by atoms with van der Waals surface area (Å²) in [5.74, 6) is 2.65. The number of benzene rings is 19. The van der Waals surface area contributed by atoms with Crippen LogP contribution in [0.2, 0.25) is 0 Å². The molecule has 0 unspecified atom stereocenters. The average Bonchev–Trinajstić information content (AvgIpc) is 1.55. The Balaban J connectivity index is 0.0000000988. The molecule has 11 heterocycles. The third-order valence-corrected chi connectivity index (χ3v) is 33.8. The van der Waals surface area contributed by atoms with E-state index in [9.17, 15) is 0 Å². The van der Waals surface area contributed by atoms with Gasteiger partial charge in [0.1, 0.15) is 0 Å². The molecule has 0 aliphatic rings. The molecule has 0 saturated carbocycles. The maximum Gasteiger partial charge on any atom is 0.238 e. The van der Waals surface area contributed by atoms with Gasteiger partial charge in [-0.05, 0) is 107 Å². The Morgan fingerprint density at radius 2 is 0.496 bits per heavy atom. The third-order valence-electron chi connectivity index (χ3n) is 26.2. The number of para-hydroxylation sites is 3. The van der Waals surface area contributed by atoms with E-state index in [1.807, 2.05) is 104 Å². The largest absolute Gasteiger partial charge is 0.306 e. The number of rotatable bonds is 7. The molecule has 19 aromatic carbocycles. The maximum atomic E-state index is 5.53. The lowest BCUT2D eigenvalue weighted by Gasteiger charge is -2.19. The number of hydrogen-bond acceptors (Lipinski definition) is 11. The average molecular weight is 1780 g/mol. The first-order valence-corrected chi connectivity index (χ1v) is 48.7. The van der Waals surface area contributed by atoms with Crippen LogP contribution in [0.5, 0.6) is 0 Å². The first kappa shape index (κ1) is 74.6. The minimum absolute atomic E-state index is 0.630. The highest BCUT2D eigenvalue weighted by molar-refractivity contribution is 7.38. The SMILES string of the molecule is c1ccc(-c2c3ccccc3c(-n3c4ccccc4c4sc5c(sc6ccc7ccccc7c65)c43)c3ccccc23)cc1.c1ccc(-c2nc(-c3ccccc3)nc(-n3c4ccccc4c4sc5c(sc6ccc7ccccc7c65)c43)n2)cc1.c1ccc(-c2nc(-n3c4ccccc4c4sc5c(sc6ccc7ccccc7c65)c43)nc3c4ccccc4c4ccccc4c23)cc1. The van der Waals surface area contributed by atoms with Crippen molar-refractivity contribution in [3.05, 3.63) is 400 Å². The highest BCUT2D eigenvalue weighted by Crippen LogP contribution is 2.56. The van der Waals surface area contributed by atoms with Crippen molar-refractivity contribution >= 4 is 276 Å². The fourth-order valence-corrected chi connectivity index (χ4v) is 29.1. The Kier molecular flexibility index (Phi) is 16.8. The van der Waals surface area contributed by atoms with Crippen molar-refractivity contribution in [1.82, 2.24) is 38.6 Å². The molecule has 0 amide bonds. The van der Waals surface area contributed by atoms with E-state index in [1.165, 1.54) is 198 Å². The van der Waals surface area contributed by atoms with E-state index in [2.05, 4.69) is 378 Å². The van der Waals surface area contributed by atoms with Gasteiger partial charge in [-0.15, -0.1) is 68.0 Å². The zero-order chi connectivity index (χ0) is 85.6. The normalized spacial score (nSPS) is 12.1. The summed E-state index contributed by atoms with van der Waals surface area (Å²) in [5.41, 5.74) is 15.9. The zero-order valence-electron chi connectivity index (χ0n) is 69.6. The van der Waals surface area contributed by atoms with Gasteiger partial charge in [-0.25, -0.2) is 15.0 Å². The molecule has 610 valence electrons. The minimum atomic E-state index is 0.630. The molecule has 0 N–H and O–H groups in total. The van der Waals surface area contributed by atoms with Crippen molar-refractivity contribution in [3.8, 4) is 62.7 Å². The summed E-state index contributed by atoms with van der Waals surface area (Å²) in [6.07, 6.45) is 0. The summed E-state index contributed by atoms with van der Waals surface area (Å²) in [6.45, 7) is 0. The quantitative estimate of drug-likeness (QED) is 0.117. The Hall–Kier alpha value is -15.5. The molecule has 14 heteroatoms. The van der Waals surface area contributed by atoms with Crippen LogP contribution in [0, 0.1) is 0 Å². The molecule has 0 aliphatic heterocycles. The Bertz CT molecular complexity index is 9910. The van der Waals surface area contributed by atoms with Crippen LogP contribution in [-0.4, -0.2) is 38.6 Å². The molecule has 11 aromatic heterocycles. The van der Waals surface area contributed by atoms with Gasteiger partial charge in [0, 0.05) is 84.7 Å². The predicted molar refractivity (Wildman–Crippen MR) is 565 cm³/mol. The van der Waals surface area contributed by atoms with E-state index in [4.69, 9.17) is 24.9 Å². The number of nitrogens with zero attached hydrogens (tertiary/aromatic N) is 8. The van der Waals surface area contributed by atoms with Gasteiger partial charge >= 0.3 is 0 Å². The molecule has 0 fully saturated rings. The highest BCUT2D eigenvalue weighted by Gasteiger charge is 2.30. The Labute approximate surface area is 771 Å². The first-order chi connectivity index (χ1) is 65.0. The van der Waals surface area contributed by atoms with Gasteiger partial charge in [0.05, 0.1) is 92.3 Å². The summed E-state index contributed by atoms with van der Waals surface area (Å²) in [5, 5.41) is 26.6. The molecule has 0 radical (unpaired) electrons. The number of fused-ring (bicyclic) bond motifs is 35. The molecule has 0 spiro atoms. The van der Waals surface area contributed by atoms with Crippen LogP contribution < -0.4 is 0 Å². The Morgan fingerprint density at radius 1 is 0.183 bits per heavy atom. The second kappa shape index (κ2) is 29.5. The van der Waals surface area contributed by atoms with Gasteiger partial charge in [-0.3, -0.25) is 9.13 Å². The van der Waals surface area contributed by atoms with E-state index in [1.54, 1.807) is 0 Å². The molecule has 0 saturated heterocycles. The van der Waals surface area contributed by atoms with Crippen LogP contribution in [-0.2, 0) is 0 Å². The van der Waals surface area contributed by atoms with Crippen molar-refractivity contribution in [3.63, 3.8) is 0 Å². The molecule has 0 aliphatic carbocycles. The van der Waals surface area contributed by atoms with E-state index in [0.29, 0.717) is 23.5 Å². The standard InChI is InChI=1S/C42H23N3S2.C40H23NS2.C35H20N4S2/c1-2-13-25(14-3-1)36-35-29-18-8-6-16-27(29)28-17-7-9-19-30(28)37(35)44-42(43-36)45-32-21-11-10-20-31(32)39-38(45)41-40(47-39)34-26-15-5-4-12-24(26)22-23-33(34)46-41;1-2-13-25(14-3-1)34-27-16-6-8-18-29(27)36(30-19-9-7-17-28(30)34)41-32-21-11-10-20-31(32)38-37(41)40-39(43-38)35-26-15-5-4-12-24(26)22-23-33(35)42-40;1-3-12-22(13-4-1)33-36-34(23-14-5-2-6-15-23)38-35(37-33)39-26-18-10-9-17-25(26)30-29(39)32-31(41-30)28-24-16-8-7-11-21(24)19-20-27(28)40-32/h1-23H;1-23H;1-20H. The van der Waals surface area contributed by atoms with Gasteiger partial charge in [-0.2, -0.15) is 9.97 Å². The highest BCUT2D eigenvalue weighted by atomic mass is 32.1. The monoisotopic (exact) mass is 1770 g/mol. The van der Waals surface area contributed by atoms with Crippen LogP contribution in [0.25, 0.3) is 271 Å². The number of hydrogen-bond donors (Lipinski definition) is 0. The van der Waals surface area contributed by atoms with E-state index >= 15 is 0 Å². The molecule has 0 atom stereocenters. The lowest BCUT2D eigenvalue weighted by Crippen LogP contribution is -2.06. The summed E-state index contributed by atoms with van der Waals surface area (Å²) in [6, 6.07) is 143. The van der Waals surface area contributed by atoms with Gasteiger partial charge in [0.15, 0.2) is 11.6 Å². The molecule has 0 bridgehead atoms. The van der Waals surface area contributed by atoms with E-state index in [0.717, 1.165) is 49.7 Å². The predicted octanol–water partition coefficient (Wildman–Crippen LogP) is 34.5. The summed E-state index contributed by atoms with van der Waals surface area (Å²) in [4.78, 5) is 26.2. The van der Waals surface area contributed by atoms with Crippen LogP contribution in [0.1, 0.15) is 0 Å².